The highest BCUT2D eigenvalue weighted by Crippen LogP contribution is 2.41. The third kappa shape index (κ3) is 1.91. The summed E-state index contributed by atoms with van der Waals surface area (Å²) in [5.74, 6) is 1.01. The predicted octanol–water partition coefficient (Wildman–Crippen LogP) is 4.04. The molecule has 1 unspecified atom stereocenters. The second-order valence-electron chi connectivity index (χ2n) is 4.66. The predicted molar refractivity (Wildman–Crippen MR) is 78.2 cm³/mol. The number of hydrogen-bond acceptors (Lipinski definition) is 2. The van der Waals surface area contributed by atoms with E-state index < -0.39 is 0 Å². The van der Waals surface area contributed by atoms with Gasteiger partial charge < -0.3 is 10.1 Å². The van der Waals surface area contributed by atoms with E-state index in [-0.39, 0.29) is 0 Å². The lowest BCUT2D eigenvalue weighted by molar-refractivity contribution is 0.314. The first-order chi connectivity index (χ1) is 8.81. The zero-order chi connectivity index (χ0) is 12.5. The summed E-state index contributed by atoms with van der Waals surface area (Å²) in [5.41, 5.74) is 1.26. The van der Waals surface area contributed by atoms with Crippen LogP contribution in [0.4, 0.5) is 0 Å². The van der Waals surface area contributed by atoms with Gasteiger partial charge in [0, 0.05) is 11.6 Å². The van der Waals surface area contributed by atoms with Crippen LogP contribution >= 0.6 is 15.9 Å². The standard InChI is InChI=1S/C15H16BrNO/c1-17-13-7-4-8-18-15-12(13)9-10-5-2-3-6-11(10)14(15)16/h2-3,5-6,9,13,17H,4,7-8H2,1H3. The zero-order valence-electron chi connectivity index (χ0n) is 10.4. The third-order valence-electron chi connectivity index (χ3n) is 3.58. The molecule has 0 amide bonds. The van der Waals surface area contributed by atoms with Crippen LogP contribution in [-0.4, -0.2) is 13.7 Å². The van der Waals surface area contributed by atoms with Gasteiger partial charge in [0.2, 0.25) is 0 Å². The van der Waals surface area contributed by atoms with Crippen LogP contribution in [0.1, 0.15) is 24.4 Å². The molecule has 0 saturated heterocycles. The summed E-state index contributed by atoms with van der Waals surface area (Å²) in [7, 11) is 2.02. The van der Waals surface area contributed by atoms with Crippen molar-refractivity contribution in [2.75, 3.05) is 13.7 Å². The van der Waals surface area contributed by atoms with Crippen molar-refractivity contribution in [2.45, 2.75) is 18.9 Å². The Morgan fingerprint density at radius 3 is 3.00 bits per heavy atom. The maximum atomic E-state index is 5.93. The summed E-state index contributed by atoms with van der Waals surface area (Å²) >= 11 is 3.71. The first-order valence-corrected chi connectivity index (χ1v) is 7.12. The molecule has 0 saturated carbocycles. The molecule has 2 nitrogen and oxygen atoms in total. The molecule has 1 N–H and O–H groups in total. The Morgan fingerprint density at radius 2 is 2.17 bits per heavy atom. The largest absolute Gasteiger partial charge is 0.492 e. The lowest BCUT2D eigenvalue weighted by Crippen LogP contribution is -2.15. The Labute approximate surface area is 115 Å². The Hall–Kier alpha value is -1.06. The normalized spacial score (nSPS) is 19.1. The highest BCUT2D eigenvalue weighted by Gasteiger charge is 2.22. The lowest BCUT2D eigenvalue weighted by atomic mass is 9.98. The van der Waals surface area contributed by atoms with E-state index in [1.807, 2.05) is 7.05 Å². The number of ether oxygens (including phenoxy) is 1. The Bertz CT molecular complexity index is 582. The number of halogens is 1. The van der Waals surface area contributed by atoms with Gasteiger partial charge in [-0.1, -0.05) is 24.3 Å². The molecule has 0 aromatic heterocycles. The first-order valence-electron chi connectivity index (χ1n) is 6.32. The topological polar surface area (TPSA) is 21.3 Å². The Kier molecular flexibility index (Phi) is 3.27. The molecule has 1 heterocycles. The summed E-state index contributed by atoms with van der Waals surface area (Å²) in [6, 6.07) is 11.0. The molecule has 2 aromatic rings. The minimum Gasteiger partial charge on any atom is -0.492 e. The summed E-state index contributed by atoms with van der Waals surface area (Å²) in [4.78, 5) is 0. The highest BCUT2D eigenvalue weighted by molar-refractivity contribution is 9.10. The van der Waals surface area contributed by atoms with Gasteiger partial charge in [0.15, 0.2) is 0 Å². The van der Waals surface area contributed by atoms with E-state index in [9.17, 15) is 0 Å². The molecule has 3 rings (SSSR count). The number of fused-ring (bicyclic) bond motifs is 2. The van der Waals surface area contributed by atoms with E-state index in [1.165, 1.54) is 16.3 Å². The number of hydrogen-bond donors (Lipinski definition) is 1. The van der Waals surface area contributed by atoms with Crippen LogP contribution < -0.4 is 10.1 Å². The SMILES string of the molecule is CNC1CCCOc2c1cc1ccccc1c2Br. The molecule has 1 aliphatic heterocycles. The molecular weight excluding hydrogens is 290 g/mol. The summed E-state index contributed by atoms with van der Waals surface area (Å²) < 4.78 is 7.01. The monoisotopic (exact) mass is 305 g/mol. The second kappa shape index (κ2) is 4.90. The number of nitrogens with one attached hydrogen (secondary N) is 1. The quantitative estimate of drug-likeness (QED) is 0.858. The van der Waals surface area contributed by atoms with Crippen molar-refractivity contribution in [3.05, 3.63) is 40.4 Å². The van der Waals surface area contributed by atoms with Crippen LogP contribution in [0.15, 0.2) is 34.8 Å². The van der Waals surface area contributed by atoms with Crippen molar-refractivity contribution < 1.29 is 4.74 Å². The van der Waals surface area contributed by atoms with E-state index in [2.05, 4.69) is 51.6 Å². The highest BCUT2D eigenvalue weighted by atomic mass is 79.9. The van der Waals surface area contributed by atoms with Crippen molar-refractivity contribution in [3.8, 4) is 5.75 Å². The molecule has 2 aromatic carbocycles. The fourth-order valence-electron chi connectivity index (χ4n) is 2.63. The Balaban J connectivity index is 2.28. The van der Waals surface area contributed by atoms with Crippen molar-refractivity contribution in [3.63, 3.8) is 0 Å². The molecular formula is C15H16BrNO. The van der Waals surface area contributed by atoms with Crippen molar-refractivity contribution in [2.24, 2.45) is 0 Å². The average Bonchev–Trinajstić information content (AvgIpc) is 2.61. The molecule has 18 heavy (non-hydrogen) atoms. The lowest BCUT2D eigenvalue weighted by Gasteiger charge is -2.18. The van der Waals surface area contributed by atoms with Gasteiger partial charge in [-0.3, -0.25) is 0 Å². The van der Waals surface area contributed by atoms with Gasteiger partial charge >= 0.3 is 0 Å². The number of rotatable bonds is 1. The van der Waals surface area contributed by atoms with Crippen molar-refractivity contribution >= 4 is 26.7 Å². The maximum absolute atomic E-state index is 5.93. The van der Waals surface area contributed by atoms with Crippen LogP contribution in [0, 0.1) is 0 Å². The van der Waals surface area contributed by atoms with Crippen LogP contribution in [-0.2, 0) is 0 Å². The van der Waals surface area contributed by atoms with Gasteiger partial charge in [-0.2, -0.15) is 0 Å². The van der Waals surface area contributed by atoms with E-state index in [1.54, 1.807) is 0 Å². The minimum absolute atomic E-state index is 0.378. The van der Waals surface area contributed by atoms with Gasteiger partial charge in [-0.05, 0) is 52.7 Å². The molecule has 1 aliphatic rings. The van der Waals surface area contributed by atoms with E-state index >= 15 is 0 Å². The van der Waals surface area contributed by atoms with Crippen LogP contribution in [0.25, 0.3) is 10.8 Å². The smallest absolute Gasteiger partial charge is 0.138 e. The Morgan fingerprint density at radius 1 is 1.33 bits per heavy atom. The molecule has 0 spiro atoms. The number of benzene rings is 2. The van der Waals surface area contributed by atoms with Crippen LogP contribution in [0.5, 0.6) is 5.75 Å². The van der Waals surface area contributed by atoms with Crippen molar-refractivity contribution in [1.29, 1.82) is 0 Å². The van der Waals surface area contributed by atoms with Crippen LogP contribution in [0.2, 0.25) is 0 Å². The van der Waals surface area contributed by atoms with Gasteiger partial charge in [0.05, 0.1) is 11.1 Å². The summed E-state index contributed by atoms with van der Waals surface area (Å²) in [6.45, 7) is 0.794. The van der Waals surface area contributed by atoms with Gasteiger partial charge in [0.25, 0.3) is 0 Å². The van der Waals surface area contributed by atoms with Gasteiger partial charge in [0.1, 0.15) is 5.75 Å². The summed E-state index contributed by atoms with van der Waals surface area (Å²) in [5, 5.41) is 5.87. The van der Waals surface area contributed by atoms with Crippen molar-refractivity contribution in [1.82, 2.24) is 5.32 Å². The van der Waals surface area contributed by atoms with E-state index in [4.69, 9.17) is 4.74 Å². The molecule has 94 valence electrons. The van der Waals surface area contributed by atoms with Crippen LogP contribution in [0.3, 0.4) is 0 Å². The summed E-state index contributed by atoms with van der Waals surface area (Å²) in [6.07, 6.45) is 2.21. The molecule has 0 bridgehead atoms. The third-order valence-corrected chi connectivity index (χ3v) is 4.36. The second-order valence-corrected chi connectivity index (χ2v) is 5.45. The zero-order valence-corrected chi connectivity index (χ0v) is 12.0. The molecule has 0 radical (unpaired) electrons. The van der Waals surface area contributed by atoms with E-state index in [0.717, 1.165) is 29.7 Å². The average molecular weight is 306 g/mol. The van der Waals surface area contributed by atoms with Gasteiger partial charge in [-0.25, -0.2) is 0 Å². The van der Waals surface area contributed by atoms with Gasteiger partial charge in [-0.15, -0.1) is 0 Å². The minimum atomic E-state index is 0.378. The molecule has 3 heteroatoms. The molecule has 1 atom stereocenters. The fraction of sp³-hybridized carbons (Fsp3) is 0.333. The fourth-order valence-corrected chi connectivity index (χ4v) is 3.33. The first kappa shape index (κ1) is 12.0. The van der Waals surface area contributed by atoms with E-state index in [0.29, 0.717) is 6.04 Å². The maximum Gasteiger partial charge on any atom is 0.138 e. The molecule has 0 fully saturated rings. The molecule has 0 aliphatic carbocycles.